The number of rotatable bonds is 6. The average Bonchev–Trinajstić information content (AvgIpc) is 3.44. The number of ether oxygens (including phenoxy) is 2. The number of ketones is 2. The van der Waals surface area contributed by atoms with Crippen LogP contribution in [0.1, 0.15) is 61.2 Å². The zero-order valence-corrected chi connectivity index (χ0v) is 24.7. The van der Waals surface area contributed by atoms with Crippen LogP contribution in [0.2, 0.25) is 0 Å². The van der Waals surface area contributed by atoms with Crippen LogP contribution in [0.25, 0.3) is 11.3 Å². The Kier molecular flexibility index (Phi) is 13.3. The minimum absolute atomic E-state index is 0. The number of aromatic nitrogens is 1. The maximum atomic E-state index is 11.7. The third kappa shape index (κ3) is 8.80. The van der Waals surface area contributed by atoms with E-state index in [0.717, 1.165) is 41.9 Å². The molecule has 0 spiro atoms. The molecule has 0 saturated heterocycles. The second-order valence-electron chi connectivity index (χ2n) is 9.06. The molecule has 14 nitrogen and oxygen atoms in total. The third-order valence-electron chi connectivity index (χ3n) is 6.33. The molecule has 0 atom stereocenters. The number of carbonyl (C=O) groups is 2. The minimum atomic E-state index is -0.543. The van der Waals surface area contributed by atoms with Gasteiger partial charge in [0.1, 0.15) is 5.69 Å². The summed E-state index contributed by atoms with van der Waals surface area (Å²) in [6, 6.07) is 8.64. The maximum absolute atomic E-state index is 11.7. The summed E-state index contributed by atoms with van der Waals surface area (Å²) >= 11 is 3.17. The molecule has 0 aliphatic heterocycles. The largest absolute Gasteiger partial charge is 0.490 e. The number of Topliss-reactive ketones (excluding diaryl/α,β-unsaturated/α-hetero) is 2. The van der Waals surface area contributed by atoms with E-state index in [2.05, 4.69) is 26.2 Å². The fourth-order valence-electron chi connectivity index (χ4n) is 4.22. The molecule has 234 valence electrons. The van der Waals surface area contributed by atoms with Crippen molar-refractivity contribution in [2.75, 3.05) is 14.2 Å². The molecule has 0 bridgehead atoms. The van der Waals surface area contributed by atoms with E-state index in [4.69, 9.17) is 19.2 Å². The molecular weight excluding hydrogens is 644 g/mol. The molecule has 2 aliphatic carbocycles. The van der Waals surface area contributed by atoms with Crippen LogP contribution in [-0.4, -0.2) is 52.2 Å². The van der Waals surface area contributed by atoms with Crippen molar-refractivity contribution in [1.82, 2.24) is 5.16 Å². The van der Waals surface area contributed by atoms with Gasteiger partial charge in [-0.15, -0.1) is 0 Å². The monoisotopic (exact) mass is 674 g/mol. The van der Waals surface area contributed by atoms with Crippen LogP contribution in [0, 0.1) is 20.2 Å². The Morgan fingerprint density at radius 2 is 1.57 bits per heavy atom. The fourth-order valence-corrected chi connectivity index (χ4v) is 4.65. The van der Waals surface area contributed by atoms with Crippen LogP contribution in [-0.2, 0) is 11.2 Å². The lowest BCUT2D eigenvalue weighted by atomic mass is 9.93. The smallest absolute Gasteiger partial charge is 0.310 e. The molecule has 2 aliphatic rings. The summed E-state index contributed by atoms with van der Waals surface area (Å²) in [7, 11) is 2.70. The molecular formula is C29H31BrN4O10. The number of allylic oxidation sites excluding steroid dienone is 2. The highest BCUT2D eigenvalue weighted by atomic mass is 79.9. The van der Waals surface area contributed by atoms with E-state index in [1.54, 1.807) is 6.07 Å². The highest BCUT2D eigenvalue weighted by Crippen LogP contribution is 2.36. The van der Waals surface area contributed by atoms with E-state index < -0.39 is 9.85 Å². The second-order valence-corrected chi connectivity index (χ2v) is 9.91. The van der Waals surface area contributed by atoms with Crippen molar-refractivity contribution in [3.8, 4) is 22.8 Å². The van der Waals surface area contributed by atoms with Gasteiger partial charge in [-0.05, 0) is 65.9 Å². The third-order valence-corrected chi connectivity index (χ3v) is 7.09. The van der Waals surface area contributed by atoms with Gasteiger partial charge in [-0.1, -0.05) is 23.8 Å². The Bertz CT molecular complexity index is 1580. The van der Waals surface area contributed by atoms with Gasteiger partial charge in [0.05, 0.1) is 34.8 Å². The molecule has 3 aromatic rings. The van der Waals surface area contributed by atoms with Crippen molar-refractivity contribution in [3.63, 3.8) is 0 Å². The number of nitro groups is 2. The first kappa shape index (κ1) is 35.3. The van der Waals surface area contributed by atoms with Crippen molar-refractivity contribution in [2.45, 2.75) is 46.0 Å². The molecule has 1 aromatic heterocycles. The Balaban J connectivity index is 0.000000253. The molecule has 0 amide bonds. The predicted molar refractivity (Wildman–Crippen MR) is 164 cm³/mol. The Labute approximate surface area is 260 Å². The molecule has 5 rings (SSSR count). The van der Waals surface area contributed by atoms with Gasteiger partial charge in [0.25, 0.3) is 0 Å². The molecule has 1 heterocycles. The first-order chi connectivity index (χ1) is 20.6. The quantitative estimate of drug-likeness (QED) is 0.124. The van der Waals surface area contributed by atoms with Crippen LogP contribution in [0.4, 0.5) is 11.4 Å². The van der Waals surface area contributed by atoms with Gasteiger partial charge < -0.3 is 19.2 Å². The average molecular weight is 675 g/mol. The number of nitro benzene ring substituents is 2. The summed E-state index contributed by atoms with van der Waals surface area (Å²) < 4.78 is 15.8. The van der Waals surface area contributed by atoms with Crippen LogP contribution in [0.15, 0.2) is 56.6 Å². The molecule has 0 unspecified atom stereocenters. The predicted octanol–water partition coefficient (Wildman–Crippen LogP) is 6.84. The molecule has 15 heteroatoms. The molecule has 0 saturated carbocycles. The van der Waals surface area contributed by atoms with E-state index in [-0.39, 0.29) is 41.9 Å². The first-order valence-corrected chi connectivity index (χ1v) is 13.6. The van der Waals surface area contributed by atoms with Crippen molar-refractivity contribution in [3.05, 3.63) is 84.1 Å². The zero-order valence-electron chi connectivity index (χ0n) is 23.1. The van der Waals surface area contributed by atoms with Gasteiger partial charge in [0.2, 0.25) is 11.5 Å². The van der Waals surface area contributed by atoms with Gasteiger partial charge >= 0.3 is 11.4 Å². The second kappa shape index (κ2) is 16.6. The number of benzene rings is 2. The highest BCUT2D eigenvalue weighted by Gasteiger charge is 2.27. The number of oxime groups is 1. The van der Waals surface area contributed by atoms with Crippen molar-refractivity contribution in [1.29, 1.82) is 0 Å². The zero-order chi connectivity index (χ0) is 31.5. The van der Waals surface area contributed by atoms with E-state index in [1.165, 1.54) is 44.6 Å². The molecule has 2 aromatic carbocycles. The highest BCUT2D eigenvalue weighted by molar-refractivity contribution is 9.12. The van der Waals surface area contributed by atoms with E-state index >= 15 is 0 Å². The minimum Gasteiger partial charge on any atom is -0.490 e. The fraction of sp³-hybridized carbons (Fsp3) is 0.310. The van der Waals surface area contributed by atoms with E-state index in [1.807, 2.05) is 6.08 Å². The number of fused-ring (bicyclic) bond motifs is 1. The lowest BCUT2D eigenvalue weighted by Gasteiger charge is -2.09. The Morgan fingerprint density at radius 3 is 2.11 bits per heavy atom. The van der Waals surface area contributed by atoms with Gasteiger partial charge in [-0.3, -0.25) is 29.8 Å². The number of hydrogen-bond acceptors (Lipinski definition) is 12. The maximum Gasteiger partial charge on any atom is 0.310 e. The van der Waals surface area contributed by atoms with Gasteiger partial charge in [0, 0.05) is 41.7 Å². The van der Waals surface area contributed by atoms with Crippen LogP contribution in [0.3, 0.4) is 0 Å². The Hall–Kier alpha value is -4.92. The summed E-state index contributed by atoms with van der Waals surface area (Å²) in [5.41, 5.74) is 2.23. The number of halogens is 1. The standard InChI is InChI=1S/C14H12N2O5.C8H8N2O4.C6H7BrO.CH4/c1-20-12-7-8(5-6-10(12)16(18)19)13-9-3-2-4-11(17)14(9)21-15-13;1-14-8-4-6(5-9-11)2-3-7(8)10(12)13;7-5-3-1-2-4-6(5)8;/h5-7H,2-4H2,1H3;2-5,11H,1H3;3H,1-2,4H2;1H4. The summed E-state index contributed by atoms with van der Waals surface area (Å²) in [4.78, 5) is 42.8. The van der Waals surface area contributed by atoms with Crippen molar-refractivity contribution in [2.24, 2.45) is 5.16 Å². The summed E-state index contributed by atoms with van der Waals surface area (Å²) in [5.74, 6) is 0.775. The number of nitrogens with zero attached hydrogens (tertiary/aromatic N) is 4. The topological polar surface area (TPSA) is 197 Å². The summed E-state index contributed by atoms with van der Waals surface area (Å²) in [5, 5.41) is 36.4. The van der Waals surface area contributed by atoms with Crippen molar-refractivity contribution < 1.29 is 38.6 Å². The van der Waals surface area contributed by atoms with Gasteiger partial charge in [0.15, 0.2) is 17.3 Å². The summed E-state index contributed by atoms with van der Waals surface area (Å²) in [6.07, 6.45) is 7.81. The van der Waals surface area contributed by atoms with E-state index in [9.17, 15) is 29.8 Å². The lowest BCUT2D eigenvalue weighted by Crippen LogP contribution is -2.08. The molecule has 1 N–H and O–H groups in total. The van der Waals surface area contributed by atoms with E-state index in [0.29, 0.717) is 35.4 Å². The summed E-state index contributed by atoms with van der Waals surface area (Å²) in [6.45, 7) is 0. The first-order valence-electron chi connectivity index (χ1n) is 12.8. The van der Waals surface area contributed by atoms with Crippen LogP contribution >= 0.6 is 15.9 Å². The van der Waals surface area contributed by atoms with Crippen LogP contribution < -0.4 is 9.47 Å². The molecule has 44 heavy (non-hydrogen) atoms. The van der Waals surface area contributed by atoms with Gasteiger partial charge in [-0.25, -0.2) is 0 Å². The van der Waals surface area contributed by atoms with Crippen LogP contribution in [0.5, 0.6) is 11.5 Å². The molecule has 0 fully saturated rings. The normalized spacial score (nSPS) is 13.7. The Morgan fingerprint density at radius 1 is 0.955 bits per heavy atom. The van der Waals surface area contributed by atoms with Crippen molar-refractivity contribution >= 4 is 45.1 Å². The molecule has 0 radical (unpaired) electrons. The number of methoxy groups -OCH3 is 2. The SMILES string of the molecule is C.COc1cc(-c2noc3c2CCCC3=O)ccc1[N+](=O)[O-].COc1cc(C=NO)ccc1[N+](=O)[O-].O=C1CCCC=C1Br. The number of carbonyl (C=O) groups excluding carboxylic acids is 2. The lowest BCUT2D eigenvalue weighted by molar-refractivity contribution is -0.385. The number of hydrogen-bond donors (Lipinski definition) is 1. The van der Waals surface area contributed by atoms with Gasteiger partial charge in [-0.2, -0.15) is 0 Å².